The number of ether oxygens (including phenoxy) is 1. The molecule has 1 saturated heterocycles. The van der Waals surface area contributed by atoms with E-state index in [9.17, 15) is 20.1 Å². The number of hydrogen-bond donors (Lipinski definition) is 4. The number of aliphatic hydroxyl groups is 4. The molecule has 1 aromatic carbocycles. The summed E-state index contributed by atoms with van der Waals surface area (Å²) < 4.78 is 4.89. The second kappa shape index (κ2) is 4.75. The number of ketones is 1. The van der Waals surface area contributed by atoms with Gasteiger partial charge in [0.2, 0.25) is 5.78 Å². The minimum Gasteiger partial charge on any atom is -0.394 e. The highest BCUT2D eigenvalue weighted by atomic mass is 16.7. The van der Waals surface area contributed by atoms with Crippen LogP contribution < -0.4 is 0 Å². The molecule has 0 radical (unpaired) electrons. The van der Waals surface area contributed by atoms with Crippen molar-refractivity contribution >= 4 is 5.78 Å². The van der Waals surface area contributed by atoms with E-state index in [4.69, 9.17) is 9.84 Å². The van der Waals surface area contributed by atoms with Gasteiger partial charge in [-0.3, -0.25) is 4.79 Å². The Morgan fingerprint density at radius 3 is 2.39 bits per heavy atom. The van der Waals surface area contributed by atoms with Gasteiger partial charge in [0.25, 0.3) is 5.79 Å². The monoisotopic (exact) mass is 254 g/mol. The van der Waals surface area contributed by atoms with Crippen molar-refractivity contribution in [3.05, 3.63) is 35.9 Å². The fraction of sp³-hybridized carbons (Fsp3) is 0.417. The third-order valence-corrected chi connectivity index (χ3v) is 2.98. The van der Waals surface area contributed by atoms with E-state index in [1.54, 1.807) is 18.2 Å². The normalized spacial score (nSPS) is 35.7. The summed E-state index contributed by atoms with van der Waals surface area (Å²) in [6, 6.07) is 7.79. The highest BCUT2D eigenvalue weighted by molar-refractivity contribution is 6.02. The number of carbonyl (C=O) groups excluding carboxylic acids is 1. The topological polar surface area (TPSA) is 107 Å². The standard InChI is InChI=1S/C12H14O6/c13-6-8-9(14)11(16)12(17,18-8)10(15)7-4-2-1-3-5-7/h1-5,8-9,11,13-14,16-17H,6H2/t8-,9-,11+,12+/m0/s1. The molecular formula is C12H14O6. The summed E-state index contributed by atoms with van der Waals surface area (Å²) in [5.41, 5.74) is 0.143. The zero-order chi connectivity index (χ0) is 13.3. The number of carbonyl (C=O) groups is 1. The molecule has 4 atom stereocenters. The van der Waals surface area contributed by atoms with Crippen LogP contribution in [0.5, 0.6) is 0 Å². The van der Waals surface area contributed by atoms with E-state index >= 15 is 0 Å². The van der Waals surface area contributed by atoms with Crippen molar-refractivity contribution in [1.82, 2.24) is 0 Å². The van der Waals surface area contributed by atoms with Crippen molar-refractivity contribution in [3.63, 3.8) is 0 Å². The third kappa shape index (κ3) is 1.94. The smallest absolute Gasteiger partial charge is 0.261 e. The van der Waals surface area contributed by atoms with Gasteiger partial charge in [-0.05, 0) is 0 Å². The molecule has 0 saturated carbocycles. The molecule has 98 valence electrons. The van der Waals surface area contributed by atoms with Gasteiger partial charge < -0.3 is 25.2 Å². The second-order valence-electron chi connectivity index (χ2n) is 4.17. The third-order valence-electron chi connectivity index (χ3n) is 2.98. The first kappa shape index (κ1) is 13.1. The van der Waals surface area contributed by atoms with Gasteiger partial charge in [-0.25, -0.2) is 0 Å². The molecule has 0 spiro atoms. The summed E-state index contributed by atoms with van der Waals surface area (Å²) in [6.45, 7) is -0.609. The Bertz CT molecular complexity index is 433. The Morgan fingerprint density at radius 2 is 1.89 bits per heavy atom. The van der Waals surface area contributed by atoms with Crippen molar-refractivity contribution in [2.75, 3.05) is 6.61 Å². The molecule has 1 heterocycles. The molecule has 0 bridgehead atoms. The summed E-state index contributed by atoms with van der Waals surface area (Å²) in [4.78, 5) is 12.1. The maximum Gasteiger partial charge on any atom is 0.261 e. The van der Waals surface area contributed by atoms with E-state index in [1.807, 2.05) is 0 Å². The second-order valence-corrected chi connectivity index (χ2v) is 4.17. The van der Waals surface area contributed by atoms with Crippen LogP contribution in [0.1, 0.15) is 10.4 Å². The number of rotatable bonds is 3. The van der Waals surface area contributed by atoms with Crippen LogP contribution in [-0.2, 0) is 4.74 Å². The van der Waals surface area contributed by atoms with Crippen LogP contribution in [0.2, 0.25) is 0 Å². The van der Waals surface area contributed by atoms with Crippen molar-refractivity contribution in [2.24, 2.45) is 0 Å². The maximum absolute atomic E-state index is 12.1. The van der Waals surface area contributed by atoms with Gasteiger partial charge in [0.05, 0.1) is 6.61 Å². The minimum absolute atomic E-state index is 0.143. The molecule has 1 fully saturated rings. The van der Waals surface area contributed by atoms with Crippen molar-refractivity contribution in [2.45, 2.75) is 24.1 Å². The Morgan fingerprint density at radius 1 is 1.28 bits per heavy atom. The average molecular weight is 254 g/mol. The lowest BCUT2D eigenvalue weighted by Gasteiger charge is -2.24. The van der Waals surface area contributed by atoms with Crippen molar-refractivity contribution in [3.8, 4) is 0 Å². The summed E-state index contributed by atoms with van der Waals surface area (Å²) in [5.74, 6) is -3.39. The lowest BCUT2D eigenvalue weighted by Crippen LogP contribution is -2.49. The van der Waals surface area contributed by atoms with Crippen LogP contribution in [0.3, 0.4) is 0 Å². The van der Waals surface area contributed by atoms with E-state index in [0.29, 0.717) is 0 Å². The van der Waals surface area contributed by atoms with Crippen LogP contribution in [-0.4, -0.2) is 56.9 Å². The van der Waals surface area contributed by atoms with E-state index in [1.165, 1.54) is 12.1 Å². The molecule has 0 aliphatic carbocycles. The minimum atomic E-state index is -2.53. The van der Waals surface area contributed by atoms with Crippen LogP contribution in [0.15, 0.2) is 30.3 Å². The molecule has 0 amide bonds. The fourth-order valence-electron chi connectivity index (χ4n) is 1.93. The highest BCUT2D eigenvalue weighted by Gasteiger charge is 2.57. The van der Waals surface area contributed by atoms with Gasteiger partial charge in [-0.2, -0.15) is 0 Å². The maximum atomic E-state index is 12.1. The Balaban J connectivity index is 2.30. The molecule has 1 aliphatic heterocycles. The van der Waals surface area contributed by atoms with E-state index in [-0.39, 0.29) is 5.56 Å². The lowest BCUT2D eigenvalue weighted by atomic mass is 9.97. The zero-order valence-electron chi connectivity index (χ0n) is 9.43. The first-order valence-electron chi connectivity index (χ1n) is 5.47. The van der Waals surface area contributed by atoms with Crippen LogP contribution >= 0.6 is 0 Å². The first-order chi connectivity index (χ1) is 8.50. The number of benzene rings is 1. The summed E-state index contributed by atoms with van der Waals surface area (Å²) in [6.07, 6.45) is -4.52. The Hall–Kier alpha value is -1.31. The van der Waals surface area contributed by atoms with Gasteiger partial charge in [0.15, 0.2) is 0 Å². The zero-order valence-corrected chi connectivity index (χ0v) is 9.43. The quantitative estimate of drug-likeness (QED) is 0.498. The summed E-state index contributed by atoms with van der Waals surface area (Å²) in [7, 11) is 0. The largest absolute Gasteiger partial charge is 0.394 e. The highest BCUT2D eigenvalue weighted by Crippen LogP contribution is 2.32. The number of hydrogen-bond acceptors (Lipinski definition) is 6. The van der Waals surface area contributed by atoms with Crippen molar-refractivity contribution in [1.29, 1.82) is 0 Å². The van der Waals surface area contributed by atoms with E-state index in [2.05, 4.69) is 0 Å². The molecule has 4 N–H and O–H groups in total. The Kier molecular flexibility index (Phi) is 3.47. The summed E-state index contributed by atoms with van der Waals surface area (Å²) >= 11 is 0. The summed E-state index contributed by atoms with van der Waals surface area (Å²) in [5, 5.41) is 38.2. The van der Waals surface area contributed by atoms with E-state index in [0.717, 1.165) is 0 Å². The first-order valence-corrected chi connectivity index (χ1v) is 5.47. The number of Topliss-reactive ketones (excluding diaryl/α,β-unsaturated/α-hetero) is 1. The molecule has 18 heavy (non-hydrogen) atoms. The van der Waals surface area contributed by atoms with Gasteiger partial charge in [0, 0.05) is 5.56 Å². The average Bonchev–Trinajstić information content (AvgIpc) is 2.64. The van der Waals surface area contributed by atoms with Gasteiger partial charge >= 0.3 is 0 Å². The lowest BCUT2D eigenvalue weighted by molar-refractivity contribution is -0.193. The Labute approximate surface area is 103 Å². The van der Waals surface area contributed by atoms with Crippen LogP contribution in [0.25, 0.3) is 0 Å². The predicted octanol–water partition coefficient (Wildman–Crippen LogP) is -1.33. The fourth-order valence-corrected chi connectivity index (χ4v) is 1.93. The van der Waals surface area contributed by atoms with Crippen LogP contribution in [0.4, 0.5) is 0 Å². The molecule has 6 heteroatoms. The molecule has 0 aromatic heterocycles. The van der Waals surface area contributed by atoms with Crippen molar-refractivity contribution < 1.29 is 30.0 Å². The van der Waals surface area contributed by atoms with Gasteiger partial charge in [0.1, 0.15) is 18.3 Å². The molecule has 0 unspecified atom stereocenters. The SMILES string of the molecule is O=C(c1ccccc1)[C@@]1(O)O[C@@H](CO)[C@H](O)[C@H]1O. The molecule has 1 aliphatic rings. The van der Waals surface area contributed by atoms with Crippen LogP contribution in [0, 0.1) is 0 Å². The van der Waals surface area contributed by atoms with E-state index < -0.39 is 36.5 Å². The van der Waals surface area contributed by atoms with Gasteiger partial charge in [-0.15, -0.1) is 0 Å². The molecule has 6 nitrogen and oxygen atoms in total. The molecule has 2 rings (SSSR count). The number of aliphatic hydroxyl groups excluding tert-OH is 3. The predicted molar refractivity (Wildman–Crippen MR) is 59.7 cm³/mol. The molecular weight excluding hydrogens is 240 g/mol. The molecule has 1 aromatic rings. The van der Waals surface area contributed by atoms with Gasteiger partial charge in [-0.1, -0.05) is 30.3 Å².